The lowest BCUT2D eigenvalue weighted by Gasteiger charge is -2.13. The molecule has 0 aromatic heterocycles. The Hall–Kier alpha value is -0.0400. The second-order valence-corrected chi connectivity index (χ2v) is 6.22. The van der Waals surface area contributed by atoms with Crippen LogP contribution >= 0.6 is 24.0 Å². The van der Waals surface area contributed by atoms with Crippen molar-refractivity contribution in [1.29, 1.82) is 0 Å². The molecule has 19 heavy (non-hydrogen) atoms. The summed E-state index contributed by atoms with van der Waals surface area (Å²) in [5.41, 5.74) is 0.531. The molecule has 1 saturated carbocycles. The van der Waals surface area contributed by atoms with Gasteiger partial charge in [-0.25, -0.2) is 0 Å². The van der Waals surface area contributed by atoms with Crippen LogP contribution in [0.2, 0.25) is 0 Å². The fourth-order valence-electron chi connectivity index (χ4n) is 2.43. The molecule has 1 heterocycles. The summed E-state index contributed by atoms with van der Waals surface area (Å²) < 4.78 is 5.37. The van der Waals surface area contributed by atoms with E-state index in [9.17, 15) is 0 Å². The van der Waals surface area contributed by atoms with Crippen LogP contribution in [0.1, 0.15) is 33.6 Å². The molecule has 2 unspecified atom stereocenters. The number of hydrogen-bond donors (Lipinski definition) is 2. The molecule has 0 aromatic carbocycles. The van der Waals surface area contributed by atoms with Gasteiger partial charge >= 0.3 is 0 Å². The van der Waals surface area contributed by atoms with Gasteiger partial charge in [-0.2, -0.15) is 0 Å². The molecule has 4 nitrogen and oxygen atoms in total. The minimum atomic E-state index is 0. The fraction of sp³-hybridized carbons (Fsp3) is 0.929. The fourth-order valence-corrected chi connectivity index (χ4v) is 2.43. The summed E-state index contributed by atoms with van der Waals surface area (Å²) in [4.78, 5) is 4.66. The van der Waals surface area contributed by atoms with E-state index in [1.54, 1.807) is 0 Å². The Balaban J connectivity index is 0.00000180. The van der Waals surface area contributed by atoms with Gasteiger partial charge in [0.2, 0.25) is 0 Å². The van der Waals surface area contributed by atoms with Crippen molar-refractivity contribution in [2.45, 2.75) is 33.6 Å². The Morgan fingerprint density at radius 1 is 1.37 bits per heavy atom. The van der Waals surface area contributed by atoms with Crippen LogP contribution in [0.5, 0.6) is 0 Å². The molecule has 2 fully saturated rings. The van der Waals surface area contributed by atoms with E-state index in [4.69, 9.17) is 4.74 Å². The van der Waals surface area contributed by atoms with Crippen molar-refractivity contribution in [2.75, 3.05) is 32.8 Å². The number of halogens is 1. The zero-order valence-corrected chi connectivity index (χ0v) is 14.7. The van der Waals surface area contributed by atoms with Gasteiger partial charge in [0.1, 0.15) is 0 Å². The van der Waals surface area contributed by atoms with Crippen LogP contribution in [0.25, 0.3) is 0 Å². The van der Waals surface area contributed by atoms with Crippen LogP contribution in [0, 0.1) is 17.3 Å². The highest BCUT2D eigenvalue weighted by Crippen LogP contribution is 2.50. The van der Waals surface area contributed by atoms with Crippen LogP contribution in [-0.2, 0) is 4.74 Å². The Morgan fingerprint density at radius 2 is 2.11 bits per heavy atom. The highest BCUT2D eigenvalue weighted by molar-refractivity contribution is 14.0. The van der Waals surface area contributed by atoms with Crippen molar-refractivity contribution in [2.24, 2.45) is 22.2 Å². The third kappa shape index (κ3) is 5.45. The normalized spacial score (nSPS) is 28.7. The quantitative estimate of drug-likeness (QED) is 0.436. The molecule has 0 aromatic rings. The summed E-state index contributed by atoms with van der Waals surface area (Å²) in [5, 5.41) is 6.78. The summed E-state index contributed by atoms with van der Waals surface area (Å²) in [7, 11) is 0. The molecule has 0 amide bonds. The summed E-state index contributed by atoms with van der Waals surface area (Å²) in [6.45, 7) is 11.4. The predicted octanol–water partition coefficient (Wildman–Crippen LogP) is 2.24. The SMILES string of the molecule is CCNC(=NCC1CCOC1)NCC1CC1(C)C.I. The van der Waals surface area contributed by atoms with Gasteiger partial charge in [0.15, 0.2) is 5.96 Å². The molecule has 0 bridgehead atoms. The van der Waals surface area contributed by atoms with E-state index in [1.165, 1.54) is 6.42 Å². The molecule has 5 heteroatoms. The van der Waals surface area contributed by atoms with Crippen LogP contribution in [0.15, 0.2) is 4.99 Å². The van der Waals surface area contributed by atoms with Gasteiger partial charge in [-0.1, -0.05) is 13.8 Å². The number of rotatable bonds is 5. The van der Waals surface area contributed by atoms with E-state index in [0.29, 0.717) is 11.3 Å². The highest BCUT2D eigenvalue weighted by Gasteiger charge is 2.45. The number of hydrogen-bond acceptors (Lipinski definition) is 2. The summed E-state index contributed by atoms with van der Waals surface area (Å²) >= 11 is 0. The van der Waals surface area contributed by atoms with Crippen molar-refractivity contribution >= 4 is 29.9 Å². The summed E-state index contributed by atoms with van der Waals surface area (Å²) in [5.74, 6) is 2.38. The van der Waals surface area contributed by atoms with E-state index in [2.05, 4.69) is 36.4 Å². The molecular weight excluding hydrogens is 353 g/mol. The number of ether oxygens (including phenoxy) is 1. The van der Waals surface area contributed by atoms with Gasteiger partial charge in [-0.3, -0.25) is 4.99 Å². The van der Waals surface area contributed by atoms with Crippen molar-refractivity contribution in [3.63, 3.8) is 0 Å². The third-order valence-electron chi connectivity index (χ3n) is 4.11. The number of aliphatic imine (C=N–C) groups is 1. The van der Waals surface area contributed by atoms with Gasteiger partial charge < -0.3 is 15.4 Å². The van der Waals surface area contributed by atoms with E-state index >= 15 is 0 Å². The maximum absolute atomic E-state index is 5.37. The third-order valence-corrected chi connectivity index (χ3v) is 4.11. The Bertz CT molecular complexity index is 301. The molecule has 1 saturated heterocycles. The molecule has 2 rings (SSSR count). The maximum Gasteiger partial charge on any atom is 0.191 e. The summed E-state index contributed by atoms with van der Waals surface area (Å²) in [6, 6.07) is 0. The maximum atomic E-state index is 5.37. The molecule has 2 N–H and O–H groups in total. The first kappa shape index (κ1) is 17.0. The first-order valence-corrected chi connectivity index (χ1v) is 7.21. The largest absolute Gasteiger partial charge is 0.381 e. The van der Waals surface area contributed by atoms with Gasteiger partial charge in [-0.15, -0.1) is 24.0 Å². The molecule has 0 spiro atoms. The van der Waals surface area contributed by atoms with Crippen LogP contribution in [-0.4, -0.2) is 38.8 Å². The monoisotopic (exact) mass is 381 g/mol. The number of guanidine groups is 1. The molecule has 2 atom stereocenters. The van der Waals surface area contributed by atoms with E-state index in [-0.39, 0.29) is 24.0 Å². The molecule has 2 aliphatic rings. The van der Waals surface area contributed by atoms with Gasteiger partial charge in [0, 0.05) is 32.2 Å². The lowest BCUT2D eigenvalue weighted by atomic mass is 10.1. The first-order chi connectivity index (χ1) is 8.62. The Labute approximate surface area is 134 Å². The molecular formula is C14H28IN3O. The Kier molecular flexibility index (Phi) is 6.86. The number of nitrogens with one attached hydrogen (secondary N) is 2. The number of nitrogens with zero attached hydrogens (tertiary/aromatic N) is 1. The highest BCUT2D eigenvalue weighted by atomic mass is 127. The summed E-state index contributed by atoms with van der Waals surface area (Å²) in [6.07, 6.45) is 2.48. The van der Waals surface area contributed by atoms with Crippen LogP contribution in [0.3, 0.4) is 0 Å². The topological polar surface area (TPSA) is 45.7 Å². The van der Waals surface area contributed by atoms with Crippen LogP contribution in [0.4, 0.5) is 0 Å². The Morgan fingerprint density at radius 3 is 2.63 bits per heavy atom. The molecule has 1 aliphatic carbocycles. The second kappa shape index (κ2) is 7.67. The van der Waals surface area contributed by atoms with Gasteiger partial charge in [0.05, 0.1) is 6.61 Å². The molecule has 0 radical (unpaired) electrons. The predicted molar refractivity (Wildman–Crippen MR) is 90.2 cm³/mol. The minimum absolute atomic E-state index is 0. The average Bonchev–Trinajstić information content (AvgIpc) is 2.77. The smallest absolute Gasteiger partial charge is 0.191 e. The lowest BCUT2D eigenvalue weighted by Crippen LogP contribution is -2.39. The van der Waals surface area contributed by atoms with Gasteiger partial charge in [0.25, 0.3) is 0 Å². The van der Waals surface area contributed by atoms with Crippen molar-refractivity contribution < 1.29 is 4.74 Å². The van der Waals surface area contributed by atoms with Crippen LogP contribution < -0.4 is 10.6 Å². The van der Waals surface area contributed by atoms with Gasteiger partial charge in [-0.05, 0) is 31.1 Å². The molecule has 1 aliphatic heterocycles. The van der Waals surface area contributed by atoms with E-state index in [0.717, 1.165) is 51.1 Å². The van der Waals surface area contributed by atoms with Crippen molar-refractivity contribution in [1.82, 2.24) is 10.6 Å². The van der Waals surface area contributed by atoms with Crippen molar-refractivity contribution in [3.05, 3.63) is 0 Å². The zero-order valence-electron chi connectivity index (χ0n) is 12.4. The standard InChI is InChI=1S/C14H27N3O.HI/c1-4-15-13(16-8-11-5-6-18-10-11)17-9-12-7-14(12,2)3;/h11-12H,4-10H2,1-3H3,(H2,15,16,17);1H. The average molecular weight is 381 g/mol. The first-order valence-electron chi connectivity index (χ1n) is 7.21. The minimum Gasteiger partial charge on any atom is -0.381 e. The molecule has 112 valence electrons. The lowest BCUT2D eigenvalue weighted by molar-refractivity contribution is 0.187. The van der Waals surface area contributed by atoms with Crippen molar-refractivity contribution in [3.8, 4) is 0 Å². The van der Waals surface area contributed by atoms with E-state index < -0.39 is 0 Å². The zero-order chi connectivity index (χ0) is 13.0. The second-order valence-electron chi connectivity index (χ2n) is 6.22. The van der Waals surface area contributed by atoms with E-state index in [1.807, 2.05) is 0 Å².